The molecule has 0 aromatic carbocycles. The van der Waals surface area contributed by atoms with Crippen LogP contribution in [0.5, 0.6) is 0 Å². The van der Waals surface area contributed by atoms with Crippen molar-refractivity contribution in [3.8, 4) is 0 Å². The van der Waals surface area contributed by atoms with Gasteiger partial charge in [0.05, 0.1) is 6.61 Å². The fourth-order valence-electron chi connectivity index (χ4n) is 0.629. The number of esters is 1. The maximum atomic E-state index is 10.4. The molecule has 0 atom stereocenters. The Bertz CT molecular complexity index is 210. The van der Waals surface area contributed by atoms with Crippen LogP contribution in [0.1, 0.15) is 40.0 Å². The number of aliphatic carboxylic acids is 1. The summed E-state index contributed by atoms with van der Waals surface area (Å²) >= 11 is 0. The van der Waals surface area contributed by atoms with Crippen molar-refractivity contribution >= 4 is 17.7 Å². The monoisotopic (exact) mass is 218 g/mol. The number of hydrogen-bond acceptors (Lipinski definition) is 4. The van der Waals surface area contributed by atoms with E-state index in [1.54, 1.807) is 6.92 Å². The van der Waals surface area contributed by atoms with Crippen LogP contribution in [0.15, 0.2) is 0 Å². The van der Waals surface area contributed by atoms with Gasteiger partial charge >= 0.3 is 11.9 Å². The summed E-state index contributed by atoms with van der Waals surface area (Å²) in [6, 6.07) is 0. The van der Waals surface area contributed by atoms with Crippen molar-refractivity contribution in [1.82, 2.24) is 0 Å². The molecule has 1 N–H and O–H groups in total. The fourth-order valence-corrected chi connectivity index (χ4v) is 0.629. The summed E-state index contributed by atoms with van der Waals surface area (Å²) in [6.45, 7) is 5.25. The van der Waals surface area contributed by atoms with Gasteiger partial charge in [-0.2, -0.15) is 0 Å². The van der Waals surface area contributed by atoms with Crippen LogP contribution in [-0.4, -0.2) is 29.4 Å². The van der Waals surface area contributed by atoms with Gasteiger partial charge in [-0.25, -0.2) is 0 Å². The maximum Gasteiger partial charge on any atom is 0.313 e. The zero-order chi connectivity index (χ0) is 12.3. The number of carbonyl (C=O) groups excluding carboxylic acids is 2. The molecular weight excluding hydrogens is 200 g/mol. The summed E-state index contributed by atoms with van der Waals surface area (Å²) in [6.07, 6.45) is 0.920. The van der Waals surface area contributed by atoms with Crippen LogP contribution in [0.3, 0.4) is 0 Å². The van der Waals surface area contributed by atoms with Gasteiger partial charge < -0.3 is 9.84 Å². The lowest BCUT2D eigenvalue weighted by Crippen LogP contribution is -2.07. The minimum absolute atomic E-state index is 0.103. The highest BCUT2D eigenvalue weighted by Crippen LogP contribution is 1.86. The third kappa shape index (κ3) is 19.1. The molecule has 0 rings (SSSR count). The molecule has 88 valence electrons. The Morgan fingerprint density at radius 3 is 1.93 bits per heavy atom. The third-order valence-electron chi connectivity index (χ3n) is 1.16. The predicted molar refractivity (Wildman–Crippen MR) is 54.5 cm³/mol. The Labute approximate surface area is 89.4 Å². The summed E-state index contributed by atoms with van der Waals surface area (Å²) in [4.78, 5) is 30.2. The van der Waals surface area contributed by atoms with Gasteiger partial charge in [-0.1, -0.05) is 6.92 Å². The molecule has 5 heteroatoms. The van der Waals surface area contributed by atoms with Gasteiger partial charge in [0, 0.05) is 6.42 Å². The van der Waals surface area contributed by atoms with Crippen LogP contribution in [0.4, 0.5) is 0 Å². The molecule has 0 aliphatic heterocycles. The van der Waals surface area contributed by atoms with E-state index in [2.05, 4.69) is 4.74 Å². The molecule has 5 nitrogen and oxygen atoms in total. The number of Topliss-reactive ketones (excluding diaryl/α,β-unsaturated/α-hetero) is 1. The van der Waals surface area contributed by atoms with Crippen LogP contribution < -0.4 is 0 Å². The highest BCUT2D eigenvalue weighted by molar-refractivity contribution is 5.94. The molecule has 0 aliphatic carbocycles. The van der Waals surface area contributed by atoms with E-state index in [4.69, 9.17) is 5.11 Å². The second-order valence-corrected chi connectivity index (χ2v) is 2.83. The lowest BCUT2D eigenvalue weighted by Gasteiger charge is -1.96. The largest absolute Gasteiger partial charge is 0.481 e. The van der Waals surface area contributed by atoms with Gasteiger partial charge in [0.1, 0.15) is 12.2 Å². The molecule has 0 amide bonds. The number of hydrogen-bond donors (Lipinski definition) is 1. The first-order valence-corrected chi connectivity index (χ1v) is 4.80. The van der Waals surface area contributed by atoms with Crippen molar-refractivity contribution in [3.63, 3.8) is 0 Å². The average Bonchev–Trinajstić information content (AvgIpc) is 2.03. The van der Waals surface area contributed by atoms with Crippen molar-refractivity contribution in [2.45, 2.75) is 40.0 Å². The smallest absolute Gasteiger partial charge is 0.313 e. The van der Waals surface area contributed by atoms with E-state index in [1.165, 1.54) is 6.92 Å². The normalized spacial score (nSPS) is 8.47. The second-order valence-electron chi connectivity index (χ2n) is 2.83. The van der Waals surface area contributed by atoms with Crippen LogP contribution in [0.25, 0.3) is 0 Å². The molecule has 0 aromatic rings. The van der Waals surface area contributed by atoms with Gasteiger partial charge in [-0.05, 0) is 20.3 Å². The van der Waals surface area contributed by atoms with Gasteiger partial charge in [-0.3, -0.25) is 14.4 Å². The Kier molecular flexibility index (Phi) is 11.4. The zero-order valence-electron chi connectivity index (χ0n) is 9.41. The van der Waals surface area contributed by atoms with E-state index in [0.717, 1.165) is 6.42 Å². The highest BCUT2D eigenvalue weighted by Gasteiger charge is 2.03. The molecule has 0 heterocycles. The Hall–Kier alpha value is -1.39. The second kappa shape index (κ2) is 10.7. The van der Waals surface area contributed by atoms with Gasteiger partial charge in [0.15, 0.2) is 0 Å². The van der Waals surface area contributed by atoms with Crippen LogP contribution >= 0.6 is 0 Å². The maximum absolute atomic E-state index is 10.4. The topological polar surface area (TPSA) is 80.7 Å². The summed E-state index contributed by atoms with van der Waals surface area (Å²) in [5.41, 5.74) is 0. The van der Waals surface area contributed by atoms with E-state index in [-0.39, 0.29) is 12.2 Å². The molecule has 0 aliphatic rings. The molecule has 0 radical (unpaired) electrons. The minimum atomic E-state index is -0.711. The van der Waals surface area contributed by atoms with Crippen LogP contribution in [0, 0.1) is 0 Å². The van der Waals surface area contributed by atoms with Gasteiger partial charge in [0.2, 0.25) is 0 Å². The van der Waals surface area contributed by atoms with E-state index in [9.17, 15) is 14.4 Å². The molecular formula is C10H18O5. The predicted octanol–water partition coefficient (Wildman–Crippen LogP) is 1.40. The molecule has 0 spiro atoms. The van der Waals surface area contributed by atoms with E-state index < -0.39 is 11.9 Å². The number of carboxylic acids is 1. The molecule has 0 bridgehead atoms. The summed E-state index contributed by atoms with van der Waals surface area (Å²) in [5, 5.41) is 7.91. The molecule has 0 saturated heterocycles. The zero-order valence-corrected chi connectivity index (χ0v) is 9.41. The Balaban J connectivity index is 0. The van der Waals surface area contributed by atoms with Crippen molar-refractivity contribution in [3.05, 3.63) is 0 Å². The number of ether oxygens (including phenoxy) is 1. The van der Waals surface area contributed by atoms with Gasteiger partial charge in [-0.15, -0.1) is 0 Å². The van der Waals surface area contributed by atoms with Gasteiger partial charge in [0.25, 0.3) is 0 Å². The standard InChI is InChI=1S/C6H10O3.C4H8O2/c1-3-9-6(8)4-5(2)7;1-2-3-4(5)6/h3-4H2,1-2H3;2-3H2,1H3,(H,5,6). The summed E-state index contributed by atoms with van der Waals surface area (Å²) in [7, 11) is 0. The molecule has 0 saturated carbocycles. The molecule has 0 aromatic heterocycles. The molecule has 0 unspecified atom stereocenters. The van der Waals surface area contributed by atoms with Crippen molar-refractivity contribution in [2.24, 2.45) is 0 Å². The number of rotatable bonds is 5. The number of carbonyl (C=O) groups is 3. The minimum Gasteiger partial charge on any atom is -0.481 e. The van der Waals surface area contributed by atoms with E-state index in [1.807, 2.05) is 6.92 Å². The van der Waals surface area contributed by atoms with Crippen molar-refractivity contribution < 1.29 is 24.2 Å². The quantitative estimate of drug-likeness (QED) is 0.557. The summed E-state index contributed by atoms with van der Waals surface area (Å²) < 4.78 is 4.49. The molecule has 15 heavy (non-hydrogen) atoms. The van der Waals surface area contributed by atoms with E-state index in [0.29, 0.717) is 13.0 Å². The first-order chi connectivity index (χ1) is 6.93. The van der Waals surface area contributed by atoms with Crippen LogP contribution in [-0.2, 0) is 19.1 Å². The third-order valence-corrected chi connectivity index (χ3v) is 1.16. The lowest BCUT2D eigenvalue weighted by molar-refractivity contribution is -0.145. The first kappa shape index (κ1) is 16.1. The SMILES string of the molecule is CCCC(=O)O.CCOC(=O)CC(C)=O. The number of ketones is 1. The highest BCUT2D eigenvalue weighted by atomic mass is 16.5. The fraction of sp³-hybridized carbons (Fsp3) is 0.700. The summed E-state index contributed by atoms with van der Waals surface area (Å²) in [5.74, 6) is -1.31. The van der Waals surface area contributed by atoms with E-state index >= 15 is 0 Å². The number of carboxylic acid groups (broad SMARTS) is 1. The lowest BCUT2D eigenvalue weighted by atomic mass is 10.3. The Morgan fingerprint density at radius 1 is 1.20 bits per heavy atom. The van der Waals surface area contributed by atoms with Crippen LogP contribution in [0.2, 0.25) is 0 Å². The molecule has 0 fully saturated rings. The average molecular weight is 218 g/mol. The van der Waals surface area contributed by atoms with Crippen molar-refractivity contribution in [1.29, 1.82) is 0 Å². The Morgan fingerprint density at radius 2 is 1.73 bits per heavy atom. The first-order valence-electron chi connectivity index (χ1n) is 4.80. The van der Waals surface area contributed by atoms with Crippen molar-refractivity contribution in [2.75, 3.05) is 6.61 Å².